The summed E-state index contributed by atoms with van der Waals surface area (Å²) in [6, 6.07) is 1.70. The normalized spacial score (nSPS) is 10.4. The first-order chi connectivity index (χ1) is 8.56. The van der Waals surface area contributed by atoms with Gasteiger partial charge in [-0.1, -0.05) is 0 Å². The lowest BCUT2D eigenvalue weighted by Crippen LogP contribution is -2.26. The van der Waals surface area contributed by atoms with Crippen molar-refractivity contribution in [3.63, 3.8) is 0 Å². The lowest BCUT2D eigenvalue weighted by atomic mass is 10.1. The minimum atomic E-state index is -0.877. The van der Waals surface area contributed by atoms with E-state index in [9.17, 15) is 13.6 Å². The molecule has 0 bridgehead atoms. The van der Waals surface area contributed by atoms with E-state index in [-0.39, 0.29) is 11.3 Å². The monoisotopic (exact) mass is 274 g/mol. The van der Waals surface area contributed by atoms with Crippen LogP contribution in [0.3, 0.4) is 0 Å². The molecular formula is C12H16F2N2OS. The maximum absolute atomic E-state index is 13.5. The number of amides is 1. The van der Waals surface area contributed by atoms with Gasteiger partial charge in [-0.3, -0.25) is 4.79 Å². The molecule has 18 heavy (non-hydrogen) atoms. The molecule has 1 aromatic carbocycles. The lowest BCUT2D eigenvalue weighted by Gasteiger charge is -2.07. The molecule has 0 aliphatic rings. The van der Waals surface area contributed by atoms with Gasteiger partial charge in [0, 0.05) is 6.54 Å². The first-order valence-electron chi connectivity index (χ1n) is 5.58. The van der Waals surface area contributed by atoms with Crippen LogP contribution >= 0.6 is 11.8 Å². The molecule has 0 saturated carbocycles. The Kier molecular flexibility index (Phi) is 5.91. The molecule has 0 heterocycles. The zero-order chi connectivity index (χ0) is 13.5. The standard InChI is InChI=1S/C12H16F2N2OS/c1-18-5-3-2-4-16-12(17)9-6-8(13)7-10(15)11(9)14/h6-7H,2-5,15H2,1H3,(H,16,17). The van der Waals surface area contributed by atoms with Crippen LogP contribution in [0.2, 0.25) is 0 Å². The highest BCUT2D eigenvalue weighted by molar-refractivity contribution is 7.98. The number of thioether (sulfide) groups is 1. The van der Waals surface area contributed by atoms with Gasteiger partial charge in [0.2, 0.25) is 0 Å². The molecule has 0 atom stereocenters. The van der Waals surface area contributed by atoms with Crippen molar-refractivity contribution >= 4 is 23.4 Å². The molecule has 0 unspecified atom stereocenters. The van der Waals surface area contributed by atoms with Crippen molar-refractivity contribution in [2.75, 3.05) is 24.3 Å². The number of carbonyl (C=O) groups excluding carboxylic acids is 1. The van der Waals surface area contributed by atoms with E-state index < -0.39 is 17.5 Å². The summed E-state index contributed by atoms with van der Waals surface area (Å²) in [6.07, 6.45) is 3.78. The summed E-state index contributed by atoms with van der Waals surface area (Å²) in [4.78, 5) is 11.6. The fourth-order valence-corrected chi connectivity index (χ4v) is 1.94. The lowest BCUT2D eigenvalue weighted by molar-refractivity contribution is 0.0948. The van der Waals surface area contributed by atoms with Crippen molar-refractivity contribution in [1.82, 2.24) is 5.32 Å². The zero-order valence-corrected chi connectivity index (χ0v) is 10.9. The van der Waals surface area contributed by atoms with E-state index in [0.29, 0.717) is 6.54 Å². The topological polar surface area (TPSA) is 55.1 Å². The van der Waals surface area contributed by atoms with Crippen LogP contribution < -0.4 is 11.1 Å². The van der Waals surface area contributed by atoms with Gasteiger partial charge in [0.15, 0.2) is 5.82 Å². The molecule has 0 spiro atoms. The van der Waals surface area contributed by atoms with E-state index in [0.717, 1.165) is 30.7 Å². The molecule has 1 amide bonds. The molecule has 1 aromatic rings. The Hall–Kier alpha value is -1.30. The molecule has 100 valence electrons. The number of nitrogen functional groups attached to an aromatic ring is 1. The summed E-state index contributed by atoms with van der Waals surface area (Å²) in [7, 11) is 0. The van der Waals surface area contributed by atoms with Crippen molar-refractivity contribution < 1.29 is 13.6 Å². The van der Waals surface area contributed by atoms with Crippen LogP contribution in [0, 0.1) is 11.6 Å². The minimum absolute atomic E-state index is 0.350. The smallest absolute Gasteiger partial charge is 0.254 e. The van der Waals surface area contributed by atoms with Crippen molar-refractivity contribution in [3.8, 4) is 0 Å². The third kappa shape index (κ3) is 4.18. The van der Waals surface area contributed by atoms with Gasteiger partial charge < -0.3 is 11.1 Å². The zero-order valence-electron chi connectivity index (χ0n) is 10.1. The largest absolute Gasteiger partial charge is 0.396 e. The second kappa shape index (κ2) is 7.20. The van der Waals surface area contributed by atoms with Gasteiger partial charge in [-0.15, -0.1) is 0 Å². The van der Waals surface area contributed by atoms with E-state index in [1.807, 2.05) is 6.26 Å². The van der Waals surface area contributed by atoms with Crippen LogP contribution in [0.25, 0.3) is 0 Å². The Labute approximate surface area is 109 Å². The number of nitrogens with one attached hydrogen (secondary N) is 1. The van der Waals surface area contributed by atoms with E-state index in [2.05, 4.69) is 5.32 Å². The number of unbranched alkanes of at least 4 members (excludes halogenated alkanes) is 1. The molecule has 0 aromatic heterocycles. The quantitative estimate of drug-likeness (QED) is 0.619. The third-order valence-corrected chi connectivity index (χ3v) is 3.07. The number of halogens is 2. The summed E-state index contributed by atoms with van der Waals surface area (Å²) >= 11 is 1.72. The molecule has 3 nitrogen and oxygen atoms in total. The maximum Gasteiger partial charge on any atom is 0.254 e. The van der Waals surface area contributed by atoms with Crippen molar-refractivity contribution in [2.45, 2.75) is 12.8 Å². The number of nitrogens with two attached hydrogens (primary N) is 1. The second-order valence-electron chi connectivity index (χ2n) is 3.81. The average molecular weight is 274 g/mol. The predicted molar refractivity (Wildman–Crippen MR) is 70.7 cm³/mol. The molecule has 1 rings (SSSR count). The Bertz CT molecular complexity index is 427. The van der Waals surface area contributed by atoms with Gasteiger partial charge in [0.1, 0.15) is 5.82 Å². The Balaban J connectivity index is 2.56. The number of carbonyl (C=O) groups is 1. The van der Waals surface area contributed by atoms with Crippen molar-refractivity contribution in [1.29, 1.82) is 0 Å². The number of benzene rings is 1. The van der Waals surface area contributed by atoms with E-state index in [1.54, 1.807) is 11.8 Å². The molecule has 6 heteroatoms. The maximum atomic E-state index is 13.5. The Morgan fingerprint density at radius 2 is 2.11 bits per heavy atom. The van der Waals surface area contributed by atoms with Gasteiger partial charge in [-0.2, -0.15) is 11.8 Å². The van der Waals surface area contributed by atoms with Crippen LogP contribution in [0.5, 0.6) is 0 Å². The highest BCUT2D eigenvalue weighted by Gasteiger charge is 2.15. The van der Waals surface area contributed by atoms with E-state index in [4.69, 9.17) is 5.73 Å². The van der Waals surface area contributed by atoms with Crippen molar-refractivity contribution in [2.24, 2.45) is 0 Å². The molecule has 3 N–H and O–H groups in total. The molecule has 0 radical (unpaired) electrons. The fraction of sp³-hybridized carbons (Fsp3) is 0.417. The fourth-order valence-electron chi connectivity index (χ4n) is 1.44. The second-order valence-corrected chi connectivity index (χ2v) is 4.80. The number of anilines is 1. The first kappa shape index (κ1) is 14.8. The molecule has 0 aliphatic carbocycles. The SMILES string of the molecule is CSCCCCNC(=O)c1cc(F)cc(N)c1F. The van der Waals surface area contributed by atoms with Gasteiger partial charge in [0.25, 0.3) is 5.91 Å². The van der Waals surface area contributed by atoms with Crippen LogP contribution in [0.1, 0.15) is 23.2 Å². The van der Waals surface area contributed by atoms with Crippen LogP contribution in [0.4, 0.5) is 14.5 Å². The van der Waals surface area contributed by atoms with E-state index >= 15 is 0 Å². The van der Waals surface area contributed by atoms with E-state index in [1.165, 1.54) is 0 Å². The Morgan fingerprint density at radius 1 is 1.39 bits per heavy atom. The first-order valence-corrected chi connectivity index (χ1v) is 6.97. The summed E-state index contributed by atoms with van der Waals surface area (Å²) < 4.78 is 26.5. The summed E-state index contributed by atoms with van der Waals surface area (Å²) in [5.41, 5.74) is 4.55. The van der Waals surface area contributed by atoms with Crippen molar-refractivity contribution in [3.05, 3.63) is 29.3 Å². The molecule has 0 aliphatic heterocycles. The molecule has 0 fully saturated rings. The molecule has 0 saturated heterocycles. The van der Waals surface area contributed by atoms with Crippen LogP contribution in [-0.4, -0.2) is 24.5 Å². The number of rotatable bonds is 6. The predicted octanol–water partition coefficient (Wildman–Crippen LogP) is 2.42. The number of hydrogen-bond donors (Lipinski definition) is 2. The van der Waals surface area contributed by atoms with Gasteiger partial charge in [-0.05, 0) is 37.0 Å². The molecular weight excluding hydrogens is 258 g/mol. The minimum Gasteiger partial charge on any atom is -0.396 e. The highest BCUT2D eigenvalue weighted by atomic mass is 32.2. The van der Waals surface area contributed by atoms with Gasteiger partial charge >= 0.3 is 0 Å². The summed E-state index contributed by atoms with van der Waals surface area (Å²) in [5.74, 6) is -1.22. The van der Waals surface area contributed by atoms with Gasteiger partial charge in [0.05, 0.1) is 11.3 Å². The summed E-state index contributed by atoms with van der Waals surface area (Å²) in [5, 5.41) is 2.54. The van der Waals surface area contributed by atoms with Crippen LogP contribution in [-0.2, 0) is 0 Å². The Morgan fingerprint density at radius 3 is 2.78 bits per heavy atom. The highest BCUT2D eigenvalue weighted by Crippen LogP contribution is 2.17. The average Bonchev–Trinajstić information content (AvgIpc) is 2.33. The number of hydrogen-bond acceptors (Lipinski definition) is 3. The summed E-state index contributed by atoms with van der Waals surface area (Å²) in [6.45, 7) is 0.440. The van der Waals surface area contributed by atoms with Crippen LogP contribution in [0.15, 0.2) is 12.1 Å². The van der Waals surface area contributed by atoms with Gasteiger partial charge in [-0.25, -0.2) is 8.78 Å². The third-order valence-electron chi connectivity index (χ3n) is 2.37.